The quantitative estimate of drug-likeness (QED) is 0.178. The number of carbonyl (C=O) groups is 3. The standard InChI is InChI=1S/C35H22O3/c36-33(23-12-4-1-5-13-23)28-20-10-18-26-22-27-19-11-21-29(34(37)24-14-6-2-7-15-24)31(27)32(30(26)28)35(38)25-16-8-3-9-17-25/h1-22H. The number of rotatable bonds is 6. The van der Waals surface area contributed by atoms with Crippen LogP contribution in [0.4, 0.5) is 0 Å². The summed E-state index contributed by atoms with van der Waals surface area (Å²) in [6.07, 6.45) is 0. The third-order valence-electron chi connectivity index (χ3n) is 6.83. The topological polar surface area (TPSA) is 51.2 Å². The SMILES string of the molecule is O=C(c1ccccc1)c1cccc2cc3cccc(C(=O)c4ccccc4)c3c(C(=O)c3ccccc3)c12. The Kier molecular flexibility index (Phi) is 5.95. The lowest BCUT2D eigenvalue weighted by Gasteiger charge is -2.17. The number of fused-ring (bicyclic) bond motifs is 2. The fourth-order valence-electron chi connectivity index (χ4n) is 5.06. The molecule has 0 bridgehead atoms. The van der Waals surface area contributed by atoms with Crippen LogP contribution in [-0.4, -0.2) is 17.3 Å². The first-order chi connectivity index (χ1) is 18.6. The van der Waals surface area contributed by atoms with Crippen molar-refractivity contribution in [1.82, 2.24) is 0 Å². The van der Waals surface area contributed by atoms with Crippen molar-refractivity contribution in [3.05, 3.63) is 167 Å². The largest absolute Gasteiger partial charge is 0.289 e. The third-order valence-corrected chi connectivity index (χ3v) is 6.83. The van der Waals surface area contributed by atoms with Gasteiger partial charge in [0.1, 0.15) is 0 Å². The molecule has 0 fully saturated rings. The molecule has 0 aliphatic heterocycles. The maximum atomic E-state index is 14.3. The second-order valence-electron chi connectivity index (χ2n) is 9.14. The van der Waals surface area contributed by atoms with Crippen LogP contribution in [0.2, 0.25) is 0 Å². The Morgan fingerprint density at radius 3 is 1.13 bits per heavy atom. The van der Waals surface area contributed by atoms with Gasteiger partial charge in [-0.25, -0.2) is 0 Å². The highest BCUT2D eigenvalue weighted by Crippen LogP contribution is 2.36. The predicted octanol–water partition coefficient (Wildman–Crippen LogP) is 7.69. The molecule has 0 saturated heterocycles. The summed E-state index contributed by atoms with van der Waals surface area (Å²) >= 11 is 0. The van der Waals surface area contributed by atoms with E-state index in [1.165, 1.54) is 0 Å². The van der Waals surface area contributed by atoms with Gasteiger partial charge in [-0.2, -0.15) is 0 Å². The van der Waals surface area contributed by atoms with Crippen LogP contribution in [0, 0.1) is 0 Å². The van der Waals surface area contributed by atoms with Crippen LogP contribution < -0.4 is 0 Å². The summed E-state index contributed by atoms with van der Waals surface area (Å²) in [6.45, 7) is 0. The van der Waals surface area contributed by atoms with E-state index in [2.05, 4.69) is 0 Å². The summed E-state index contributed by atoms with van der Waals surface area (Å²) < 4.78 is 0. The molecule has 0 N–H and O–H groups in total. The van der Waals surface area contributed by atoms with E-state index < -0.39 is 0 Å². The number of hydrogen-bond acceptors (Lipinski definition) is 3. The van der Waals surface area contributed by atoms with Crippen LogP contribution in [0.3, 0.4) is 0 Å². The average Bonchev–Trinajstić information content (AvgIpc) is 2.99. The van der Waals surface area contributed by atoms with E-state index in [9.17, 15) is 14.4 Å². The first-order valence-electron chi connectivity index (χ1n) is 12.4. The molecular formula is C35H22O3. The van der Waals surface area contributed by atoms with E-state index in [1.54, 1.807) is 48.5 Å². The highest BCUT2D eigenvalue weighted by atomic mass is 16.1. The van der Waals surface area contributed by atoms with E-state index in [4.69, 9.17) is 0 Å². The summed E-state index contributed by atoms with van der Waals surface area (Å²) in [4.78, 5) is 41.8. The normalized spacial score (nSPS) is 10.9. The van der Waals surface area contributed by atoms with E-state index in [0.717, 1.165) is 10.8 Å². The molecule has 0 amide bonds. The molecule has 38 heavy (non-hydrogen) atoms. The minimum Gasteiger partial charge on any atom is -0.289 e. The van der Waals surface area contributed by atoms with E-state index in [0.29, 0.717) is 44.2 Å². The fraction of sp³-hybridized carbons (Fsp3) is 0. The van der Waals surface area contributed by atoms with E-state index >= 15 is 0 Å². The van der Waals surface area contributed by atoms with Gasteiger partial charge in [0.25, 0.3) is 0 Å². The van der Waals surface area contributed by atoms with Gasteiger partial charge < -0.3 is 0 Å². The van der Waals surface area contributed by atoms with Crippen LogP contribution in [0.25, 0.3) is 21.5 Å². The summed E-state index contributed by atoms with van der Waals surface area (Å²) in [5.41, 5.74) is 2.78. The number of ketones is 3. The summed E-state index contributed by atoms with van der Waals surface area (Å²) in [6, 6.07) is 40.0. The molecule has 0 aliphatic rings. The van der Waals surface area contributed by atoms with Gasteiger partial charge in [0.2, 0.25) is 0 Å². The lowest BCUT2D eigenvalue weighted by Crippen LogP contribution is -2.11. The number of hydrogen-bond donors (Lipinski definition) is 0. The molecule has 180 valence electrons. The smallest absolute Gasteiger partial charge is 0.194 e. The monoisotopic (exact) mass is 490 g/mol. The lowest BCUT2D eigenvalue weighted by atomic mass is 9.84. The van der Waals surface area contributed by atoms with Crippen LogP contribution in [0.15, 0.2) is 133 Å². The van der Waals surface area contributed by atoms with Gasteiger partial charge in [0.05, 0.1) is 0 Å². The second-order valence-corrected chi connectivity index (χ2v) is 9.14. The number of carbonyl (C=O) groups excluding carboxylic acids is 3. The van der Waals surface area contributed by atoms with Gasteiger partial charge >= 0.3 is 0 Å². The molecular weight excluding hydrogens is 468 g/mol. The summed E-state index contributed by atoms with van der Waals surface area (Å²) in [5, 5.41) is 2.64. The van der Waals surface area contributed by atoms with Crippen molar-refractivity contribution in [3.8, 4) is 0 Å². The van der Waals surface area contributed by atoms with Crippen LogP contribution in [-0.2, 0) is 0 Å². The zero-order chi connectivity index (χ0) is 26.1. The molecule has 0 saturated carbocycles. The third kappa shape index (κ3) is 4.00. The van der Waals surface area contributed by atoms with Crippen LogP contribution in [0.1, 0.15) is 47.8 Å². The van der Waals surface area contributed by atoms with Crippen molar-refractivity contribution in [2.45, 2.75) is 0 Å². The van der Waals surface area contributed by atoms with Crippen molar-refractivity contribution in [2.24, 2.45) is 0 Å². The van der Waals surface area contributed by atoms with Gasteiger partial charge in [-0.05, 0) is 16.8 Å². The van der Waals surface area contributed by atoms with Crippen LogP contribution >= 0.6 is 0 Å². The molecule has 3 nitrogen and oxygen atoms in total. The second kappa shape index (κ2) is 9.72. The minimum atomic E-state index is -0.233. The van der Waals surface area contributed by atoms with Gasteiger partial charge in [-0.15, -0.1) is 0 Å². The van der Waals surface area contributed by atoms with E-state index in [-0.39, 0.29) is 17.3 Å². The molecule has 6 rings (SSSR count). The van der Waals surface area contributed by atoms with Crippen molar-refractivity contribution in [1.29, 1.82) is 0 Å². The molecule has 3 heteroatoms. The Bertz CT molecular complexity index is 1730. The van der Waals surface area contributed by atoms with Gasteiger partial charge in [0, 0.05) is 44.2 Å². The highest BCUT2D eigenvalue weighted by Gasteiger charge is 2.25. The Balaban J connectivity index is 1.73. The maximum absolute atomic E-state index is 14.3. The average molecular weight is 491 g/mol. The predicted molar refractivity (Wildman–Crippen MR) is 151 cm³/mol. The molecule has 0 aromatic heterocycles. The molecule has 6 aromatic carbocycles. The number of benzene rings is 6. The first kappa shape index (κ1) is 23.3. The van der Waals surface area contributed by atoms with Crippen molar-refractivity contribution >= 4 is 38.9 Å². The molecule has 0 atom stereocenters. The Morgan fingerprint density at radius 1 is 0.368 bits per heavy atom. The first-order valence-corrected chi connectivity index (χ1v) is 12.4. The molecule has 0 spiro atoms. The van der Waals surface area contributed by atoms with Crippen molar-refractivity contribution in [2.75, 3.05) is 0 Å². The molecule has 0 unspecified atom stereocenters. The Hall–Kier alpha value is -5.15. The minimum absolute atomic E-state index is 0.176. The van der Waals surface area contributed by atoms with Gasteiger partial charge in [0.15, 0.2) is 17.3 Å². The highest BCUT2D eigenvalue weighted by molar-refractivity contribution is 6.32. The molecule has 0 aliphatic carbocycles. The molecule has 6 aromatic rings. The Morgan fingerprint density at radius 2 is 0.737 bits per heavy atom. The van der Waals surface area contributed by atoms with Crippen molar-refractivity contribution in [3.63, 3.8) is 0 Å². The summed E-state index contributed by atoms with van der Waals surface area (Å²) in [7, 11) is 0. The van der Waals surface area contributed by atoms with Gasteiger partial charge in [-0.1, -0.05) is 127 Å². The van der Waals surface area contributed by atoms with Crippen molar-refractivity contribution < 1.29 is 14.4 Å². The zero-order valence-corrected chi connectivity index (χ0v) is 20.4. The molecule has 0 heterocycles. The lowest BCUT2D eigenvalue weighted by molar-refractivity contribution is 0.103. The Labute approximate surface area is 220 Å². The van der Waals surface area contributed by atoms with Crippen LogP contribution in [0.5, 0.6) is 0 Å². The maximum Gasteiger partial charge on any atom is 0.194 e. The fourth-order valence-corrected chi connectivity index (χ4v) is 5.06. The summed E-state index contributed by atoms with van der Waals surface area (Å²) in [5.74, 6) is -0.586. The zero-order valence-electron chi connectivity index (χ0n) is 20.4. The molecule has 0 radical (unpaired) electrons. The van der Waals surface area contributed by atoms with E-state index in [1.807, 2.05) is 84.9 Å². The van der Waals surface area contributed by atoms with Gasteiger partial charge in [-0.3, -0.25) is 14.4 Å².